The van der Waals surface area contributed by atoms with Crippen molar-refractivity contribution in [2.75, 3.05) is 7.11 Å². The van der Waals surface area contributed by atoms with Crippen molar-refractivity contribution in [3.63, 3.8) is 0 Å². The van der Waals surface area contributed by atoms with E-state index in [9.17, 15) is 4.39 Å². The number of hydrogen-bond donors (Lipinski definition) is 0. The topological polar surface area (TPSA) is 35.0 Å². The monoisotopic (exact) mass is 366 g/mol. The first-order valence-electron chi connectivity index (χ1n) is 6.05. The molecule has 3 rings (SSSR count). The van der Waals surface area contributed by atoms with Crippen molar-refractivity contribution in [3.8, 4) is 17.1 Å². The van der Waals surface area contributed by atoms with Gasteiger partial charge < -0.3 is 4.74 Å². The van der Waals surface area contributed by atoms with Crippen LogP contribution in [0.15, 0.2) is 40.9 Å². The fourth-order valence-corrected chi connectivity index (χ4v) is 2.63. The summed E-state index contributed by atoms with van der Waals surface area (Å²) >= 11 is 9.59. The Bertz CT molecular complexity index is 841. The first-order chi connectivity index (χ1) is 10.1. The van der Waals surface area contributed by atoms with Crippen LogP contribution in [-0.2, 0) is 0 Å². The lowest BCUT2D eigenvalue weighted by Gasteiger charge is -2.09. The van der Waals surface area contributed by atoms with Gasteiger partial charge in [0.1, 0.15) is 16.7 Å². The van der Waals surface area contributed by atoms with Crippen LogP contribution in [0.25, 0.3) is 22.3 Å². The maximum Gasteiger partial charge on any atom is 0.165 e. The molecule has 106 valence electrons. The van der Waals surface area contributed by atoms with Gasteiger partial charge in [0.05, 0.1) is 18.2 Å². The highest BCUT2D eigenvalue weighted by Crippen LogP contribution is 2.32. The standard InChI is InChI=1S/C15H9BrClFN2O/c1-21-13-5-3-9(18)7-11(13)15-19-12-6-8(16)2-4-10(12)14(17)20-15/h2-7H,1H3. The molecule has 0 aliphatic rings. The van der Waals surface area contributed by atoms with Crippen LogP contribution in [0.4, 0.5) is 4.39 Å². The van der Waals surface area contributed by atoms with Gasteiger partial charge in [0.2, 0.25) is 0 Å². The second-order valence-electron chi connectivity index (χ2n) is 4.34. The van der Waals surface area contributed by atoms with Gasteiger partial charge in [0.15, 0.2) is 5.82 Å². The van der Waals surface area contributed by atoms with E-state index in [0.717, 1.165) is 9.86 Å². The normalized spacial score (nSPS) is 10.9. The molecule has 0 aliphatic heterocycles. The molecular formula is C15H9BrClFN2O. The van der Waals surface area contributed by atoms with Crippen LogP contribution in [0.3, 0.4) is 0 Å². The van der Waals surface area contributed by atoms with Crippen molar-refractivity contribution in [3.05, 3.63) is 51.8 Å². The summed E-state index contributed by atoms with van der Waals surface area (Å²) in [5.41, 5.74) is 1.13. The van der Waals surface area contributed by atoms with E-state index in [-0.39, 0.29) is 5.82 Å². The summed E-state index contributed by atoms with van der Waals surface area (Å²) in [6, 6.07) is 9.70. The summed E-state index contributed by atoms with van der Waals surface area (Å²) in [6.07, 6.45) is 0. The lowest BCUT2D eigenvalue weighted by molar-refractivity contribution is 0.415. The van der Waals surface area contributed by atoms with Crippen LogP contribution < -0.4 is 4.74 Å². The Morgan fingerprint density at radius 2 is 1.95 bits per heavy atom. The molecule has 0 spiro atoms. The Hall–Kier alpha value is -1.72. The number of ether oxygens (including phenoxy) is 1. The molecule has 6 heteroatoms. The molecule has 0 saturated heterocycles. The van der Waals surface area contributed by atoms with Crippen LogP contribution in [0.5, 0.6) is 5.75 Å². The molecule has 0 bridgehead atoms. The minimum atomic E-state index is -0.389. The van der Waals surface area contributed by atoms with Crippen molar-refractivity contribution in [1.82, 2.24) is 9.97 Å². The molecule has 0 amide bonds. The first-order valence-corrected chi connectivity index (χ1v) is 7.22. The second-order valence-corrected chi connectivity index (χ2v) is 5.62. The smallest absolute Gasteiger partial charge is 0.165 e. The minimum Gasteiger partial charge on any atom is -0.496 e. The summed E-state index contributed by atoms with van der Waals surface area (Å²) in [6.45, 7) is 0. The van der Waals surface area contributed by atoms with E-state index < -0.39 is 0 Å². The van der Waals surface area contributed by atoms with Crippen molar-refractivity contribution in [2.45, 2.75) is 0 Å². The number of fused-ring (bicyclic) bond motifs is 1. The fourth-order valence-electron chi connectivity index (χ4n) is 2.04. The molecule has 3 aromatic rings. The Labute approximate surface area is 133 Å². The quantitative estimate of drug-likeness (QED) is 0.607. The highest BCUT2D eigenvalue weighted by atomic mass is 79.9. The average Bonchev–Trinajstić information content (AvgIpc) is 2.46. The average molecular weight is 368 g/mol. The molecule has 1 aromatic heterocycles. The summed E-state index contributed by atoms with van der Waals surface area (Å²) in [7, 11) is 1.51. The van der Waals surface area contributed by atoms with Crippen LogP contribution in [0, 0.1) is 5.82 Å². The summed E-state index contributed by atoms with van der Waals surface area (Å²) in [5, 5.41) is 1.05. The largest absolute Gasteiger partial charge is 0.496 e. The minimum absolute atomic E-state index is 0.314. The molecule has 0 saturated carbocycles. The van der Waals surface area contributed by atoms with Gasteiger partial charge in [0, 0.05) is 9.86 Å². The maximum atomic E-state index is 13.5. The molecule has 0 radical (unpaired) electrons. The predicted octanol–water partition coefficient (Wildman–Crippen LogP) is 4.86. The van der Waals surface area contributed by atoms with Crippen molar-refractivity contribution >= 4 is 38.4 Å². The third-order valence-corrected chi connectivity index (χ3v) is 3.80. The number of halogens is 3. The Kier molecular flexibility index (Phi) is 3.78. The zero-order valence-corrected chi connectivity index (χ0v) is 13.2. The van der Waals surface area contributed by atoms with Crippen LogP contribution in [0.1, 0.15) is 0 Å². The van der Waals surface area contributed by atoms with Gasteiger partial charge >= 0.3 is 0 Å². The van der Waals surface area contributed by atoms with Crippen LogP contribution in [0.2, 0.25) is 5.15 Å². The van der Waals surface area contributed by atoms with E-state index in [1.807, 2.05) is 18.2 Å². The third-order valence-electron chi connectivity index (χ3n) is 3.01. The van der Waals surface area contributed by atoms with Crippen LogP contribution in [-0.4, -0.2) is 17.1 Å². The van der Waals surface area contributed by atoms with Gasteiger partial charge in [0.25, 0.3) is 0 Å². The number of rotatable bonds is 2. The van der Waals surface area contributed by atoms with Gasteiger partial charge in [-0.25, -0.2) is 14.4 Å². The number of aromatic nitrogens is 2. The Morgan fingerprint density at radius 3 is 2.71 bits per heavy atom. The Morgan fingerprint density at radius 1 is 1.14 bits per heavy atom. The molecule has 21 heavy (non-hydrogen) atoms. The summed E-state index contributed by atoms with van der Waals surface area (Å²) in [5.74, 6) is 0.420. The third kappa shape index (κ3) is 2.71. The molecule has 0 fully saturated rings. The highest BCUT2D eigenvalue weighted by molar-refractivity contribution is 9.10. The number of hydrogen-bond acceptors (Lipinski definition) is 3. The van der Waals surface area contributed by atoms with Gasteiger partial charge in [-0.2, -0.15) is 0 Å². The highest BCUT2D eigenvalue weighted by Gasteiger charge is 2.13. The second kappa shape index (κ2) is 5.58. The number of benzene rings is 2. The predicted molar refractivity (Wildman–Crippen MR) is 84.2 cm³/mol. The fraction of sp³-hybridized carbons (Fsp3) is 0.0667. The van der Waals surface area contributed by atoms with E-state index >= 15 is 0 Å². The van der Waals surface area contributed by atoms with Crippen molar-refractivity contribution < 1.29 is 9.13 Å². The molecule has 0 aliphatic carbocycles. The van der Waals surface area contributed by atoms with Gasteiger partial charge in [-0.3, -0.25) is 0 Å². The van der Waals surface area contributed by atoms with E-state index in [4.69, 9.17) is 16.3 Å². The molecular weight excluding hydrogens is 359 g/mol. The summed E-state index contributed by atoms with van der Waals surface area (Å²) < 4.78 is 19.6. The number of nitrogens with zero attached hydrogens (tertiary/aromatic N) is 2. The summed E-state index contributed by atoms with van der Waals surface area (Å²) in [4.78, 5) is 8.69. The number of methoxy groups -OCH3 is 1. The van der Waals surface area contributed by atoms with Crippen molar-refractivity contribution in [1.29, 1.82) is 0 Å². The maximum absolute atomic E-state index is 13.5. The SMILES string of the molecule is COc1ccc(F)cc1-c1nc(Cl)c2ccc(Br)cc2n1. The lowest BCUT2D eigenvalue weighted by atomic mass is 10.1. The van der Waals surface area contributed by atoms with Gasteiger partial charge in [-0.15, -0.1) is 0 Å². The Balaban J connectivity index is 2.28. The van der Waals surface area contributed by atoms with E-state index in [1.165, 1.54) is 25.3 Å². The van der Waals surface area contributed by atoms with E-state index in [1.54, 1.807) is 0 Å². The lowest BCUT2D eigenvalue weighted by Crippen LogP contribution is -1.96. The molecule has 0 unspecified atom stereocenters. The first kappa shape index (κ1) is 14.2. The van der Waals surface area contributed by atoms with E-state index in [2.05, 4.69) is 25.9 Å². The molecule has 0 atom stereocenters. The van der Waals surface area contributed by atoms with Gasteiger partial charge in [-0.05, 0) is 36.4 Å². The zero-order chi connectivity index (χ0) is 15.0. The molecule has 2 aromatic carbocycles. The van der Waals surface area contributed by atoms with Crippen molar-refractivity contribution in [2.24, 2.45) is 0 Å². The van der Waals surface area contributed by atoms with Crippen LogP contribution >= 0.6 is 27.5 Å². The molecule has 1 heterocycles. The zero-order valence-electron chi connectivity index (χ0n) is 10.9. The van der Waals surface area contributed by atoms with E-state index in [0.29, 0.717) is 27.8 Å². The van der Waals surface area contributed by atoms with Gasteiger partial charge in [-0.1, -0.05) is 27.5 Å². The molecule has 0 N–H and O–H groups in total. The molecule has 3 nitrogen and oxygen atoms in total.